The van der Waals surface area contributed by atoms with Crippen molar-refractivity contribution in [3.05, 3.63) is 30.1 Å². The molecule has 0 spiro atoms. The first-order chi connectivity index (χ1) is 9.61. The fourth-order valence-corrected chi connectivity index (χ4v) is 3.86. The van der Waals surface area contributed by atoms with Crippen molar-refractivity contribution in [2.24, 2.45) is 11.8 Å². The summed E-state index contributed by atoms with van der Waals surface area (Å²) in [6.07, 6.45) is 5.55. The molecule has 1 N–H and O–H groups in total. The Morgan fingerprint density at radius 2 is 2.10 bits per heavy atom. The van der Waals surface area contributed by atoms with Crippen LogP contribution in [0, 0.1) is 11.8 Å². The molecule has 1 saturated carbocycles. The molecule has 1 aliphatic carbocycles. The van der Waals surface area contributed by atoms with Crippen LogP contribution in [-0.2, 0) is 6.42 Å². The monoisotopic (exact) mass is 275 g/mol. The zero-order chi connectivity index (χ0) is 14.5. The summed E-state index contributed by atoms with van der Waals surface area (Å²) in [5, 5.41) is 3.54. The molecule has 3 heteroatoms. The van der Waals surface area contributed by atoms with Crippen LogP contribution in [0.25, 0.3) is 0 Å². The van der Waals surface area contributed by atoms with Gasteiger partial charge in [0, 0.05) is 36.9 Å². The van der Waals surface area contributed by atoms with Gasteiger partial charge in [-0.05, 0) is 50.9 Å². The fraction of sp³-hybridized carbons (Fsp3) is 0.706. The Hall–Kier alpha value is -0.930. The zero-order valence-corrected chi connectivity index (χ0v) is 13.3. The van der Waals surface area contributed by atoms with Gasteiger partial charge in [-0.1, -0.05) is 19.9 Å². The summed E-state index contributed by atoms with van der Waals surface area (Å²) in [7, 11) is 4.37. The van der Waals surface area contributed by atoms with Crippen LogP contribution in [-0.4, -0.2) is 42.6 Å². The number of hydrogen-bond acceptors (Lipinski definition) is 3. The largest absolute Gasteiger partial charge is 0.315 e. The molecule has 4 unspecified atom stereocenters. The summed E-state index contributed by atoms with van der Waals surface area (Å²) in [5.41, 5.74) is 1.19. The van der Waals surface area contributed by atoms with E-state index in [-0.39, 0.29) is 0 Å². The van der Waals surface area contributed by atoms with Gasteiger partial charge in [0.05, 0.1) is 0 Å². The highest BCUT2D eigenvalue weighted by Crippen LogP contribution is 2.31. The van der Waals surface area contributed by atoms with Gasteiger partial charge < -0.3 is 10.2 Å². The minimum atomic E-state index is 0.613. The van der Waals surface area contributed by atoms with Gasteiger partial charge in [-0.2, -0.15) is 0 Å². The summed E-state index contributed by atoms with van der Waals surface area (Å²) in [6.45, 7) is 5.87. The van der Waals surface area contributed by atoms with E-state index < -0.39 is 0 Å². The van der Waals surface area contributed by atoms with Crippen LogP contribution in [0.3, 0.4) is 0 Å². The predicted molar refractivity (Wildman–Crippen MR) is 84.8 cm³/mol. The first kappa shape index (κ1) is 15.5. The lowest BCUT2D eigenvalue weighted by molar-refractivity contribution is 0.0843. The van der Waals surface area contributed by atoms with Crippen LogP contribution in [0.4, 0.5) is 0 Å². The van der Waals surface area contributed by atoms with Crippen molar-refractivity contribution in [1.82, 2.24) is 15.2 Å². The van der Waals surface area contributed by atoms with Crippen LogP contribution in [0.5, 0.6) is 0 Å². The molecule has 1 aliphatic rings. The van der Waals surface area contributed by atoms with Crippen molar-refractivity contribution >= 4 is 0 Å². The van der Waals surface area contributed by atoms with E-state index in [2.05, 4.69) is 55.3 Å². The van der Waals surface area contributed by atoms with Crippen molar-refractivity contribution < 1.29 is 0 Å². The third kappa shape index (κ3) is 3.80. The highest BCUT2D eigenvalue weighted by Gasteiger charge is 2.35. The molecule has 112 valence electrons. The van der Waals surface area contributed by atoms with Gasteiger partial charge in [0.25, 0.3) is 0 Å². The number of rotatable bonds is 5. The van der Waals surface area contributed by atoms with Gasteiger partial charge in [0.2, 0.25) is 0 Å². The van der Waals surface area contributed by atoms with E-state index in [9.17, 15) is 0 Å². The average molecular weight is 275 g/mol. The second kappa shape index (κ2) is 7.19. The van der Waals surface area contributed by atoms with E-state index in [1.165, 1.54) is 18.5 Å². The molecule has 4 atom stereocenters. The van der Waals surface area contributed by atoms with Gasteiger partial charge in [-0.15, -0.1) is 0 Å². The van der Waals surface area contributed by atoms with Gasteiger partial charge in [0.15, 0.2) is 0 Å². The maximum absolute atomic E-state index is 4.42. The van der Waals surface area contributed by atoms with Crippen molar-refractivity contribution in [2.75, 3.05) is 20.6 Å². The standard InChI is InChI=1S/C17H29N3/c1-13-11-14(2)17(16(12-13)18-3)20(4)10-8-15-7-5-6-9-19-15/h5-7,9,13-14,16-18H,8,10-12H2,1-4H3. The van der Waals surface area contributed by atoms with E-state index >= 15 is 0 Å². The Kier molecular flexibility index (Phi) is 5.55. The molecule has 1 aromatic rings. The molecule has 0 bridgehead atoms. The number of nitrogens with one attached hydrogen (secondary N) is 1. The third-order valence-corrected chi connectivity index (χ3v) is 4.75. The highest BCUT2D eigenvalue weighted by atomic mass is 15.2. The second-order valence-corrected chi connectivity index (χ2v) is 6.49. The number of likely N-dealkylation sites (N-methyl/N-ethyl adjacent to an activating group) is 2. The maximum Gasteiger partial charge on any atom is 0.0416 e. The number of pyridine rings is 1. The van der Waals surface area contributed by atoms with Gasteiger partial charge in [0.1, 0.15) is 0 Å². The minimum absolute atomic E-state index is 0.613. The lowest BCUT2D eigenvalue weighted by atomic mass is 9.76. The van der Waals surface area contributed by atoms with Crippen LogP contribution < -0.4 is 5.32 Å². The Morgan fingerprint density at radius 1 is 1.30 bits per heavy atom. The van der Waals surface area contributed by atoms with Crippen LogP contribution >= 0.6 is 0 Å². The van der Waals surface area contributed by atoms with Crippen LogP contribution in [0.2, 0.25) is 0 Å². The molecule has 0 amide bonds. The molecule has 3 nitrogen and oxygen atoms in total. The maximum atomic E-state index is 4.42. The number of hydrogen-bond donors (Lipinski definition) is 1. The molecule has 0 aliphatic heterocycles. The molecule has 1 heterocycles. The molecule has 2 rings (SSSR count). The fourth-order valence-electron chi connectivity index (χ4n) is 3.86. The summed E-state index contributed by atoms with van der Waals surface area (Å²) < 4.78 is 0. The van der Waals surface area contributed by atoms with Gasteiger partial charge >= 0.3 is 0 Å². The van der Waals surface area contributed by atoms with Crippen LogP contribution in [0.1, 0.15) is 32.4 Å². The average Bonchev–Trinajstić information content (AvgIpc) is 2.45. The lowest BCUT2D eigenvalue weighted by Crippen LogP contribution is -2.55. The molecule has 0 aromatic carbocycles. The molecular formula is C17H29N3. The Morgan fingerprint density at radius 3 is 2.75 bits per heavy atom. The first-order valence-corrected chi connectivity index (χ1v) is 7.89. The van der Waals surface area contributed by atoms with Crippen molar-refractivity contribution in [2.45, 2.75) is 45.2 Å². The Labute approximate surface area is 123 Å². The normalized spacial score (nSPS) is 30.6. The summed E-state index contributed by atoms with van der Waals surface area (Å²) in [6, 6.07) is 7.43. The molecular weight excluding hydrogens is 246 g/mol. The number of nitrogens with zero attached hydrogens (tertiary/aromatic N) is 2. The first-order valence-electron chi connectivity index (χ1n) is 7.89. The molecule has 1 aromatic heterocycles. The van der Waals surface area contributed by atoms with Crippen LogP contribution in [0.15, 0.2) is 24.4 Å². The zero-order valence-electron chi connectivity index (χ0n) is 13.3. The van der Waals surface area contributed by atoms with Gasteiger partial charge in [-0.3, -0.25) is 4.98 Å². The minimum Gasteiger partial charge on any atom is -0.315 e. The van der Waals surface area contributed by atoms with E-state index in [1.807, 2.05) is 12.3 Å². The molecule has 0 radical (unpaired) electrons. The SMILES string of the molecule is CNC1CC(C)CC(C)C1N(C)CCc1ccccn1. The number of aromatic nitrogens is 1. The van der Waals surface area contributed by atoms with Gasteiger partial charge in [-0.25, -0.2) is 0 Å². The Bertz CT molecular complexity index is 392. The molecule has 1 fully saturated rings. The summed E-state index contributed by atoms with van der Waals surface area (Å²) in [5.74, 6) is 1.59. The third-order valence-electron chi connectivity index (χ3n) is 4.75. The van der Waals surface area contributed by atoms with Crippen molar-refractivity contribution in [3.8, 4) is 0 Å². The summed E-state index contributed by atoms with van der Waals surface area (Å²) in [4.78, 5) is 6.96. The van der Waals surface area contributed by atoms with E-state index in [0.717, 1.165) is 24.8 Å². The Balaban J connectivity index is 1.94. The quantitative estimate of drug-likeness (QED) is 0.895. The lowest BCUT2D eigenvalue weighted by Gasteiger charge is -2.44. The van der Waals surface area contributed by atoms with E-state index in [4.69, 9.17) is 0 Å². The highest BCUT2D eigenvalue weighted by molar-refractivity contribution is 5.04. The van der Waals surface area contributed by atoms with Crippen molar-refractivity contribution in [3.63, 3.8) is 0 Å². The molecule has 0 saturated heterocycles. The predicted octanol–water partition coefficient (Wildman–Crippen LogP) is 2.58. The molecule has 20 heavy (non-hydrogen) atoms. The van der Waals surface area contributed by atoms with E-state index in [1.54, 1.807) is 0 Å². The summed E-state index contributed by atoms with van der Waals surface area (Å²) >= 11 is 0. The topological polar surface area (TPSA) is 28.2 Å². The smallest absolute Gasteiger partial charge is 0.0416 e. The van der Waals surface area contributed by atoms with Crippen molar-refractivity contribution in [1.29, 1.82) is 0 Å². The second-order valence-electron chi connectivity index (χ2n) is 6.49. The van der Waals surface area contributed by atoms with E-state index in [0.29, 0.717) is 12.1 Å².